The summed E-state index contributed by atoms with van der Waals surface area (Å²) in [4.78, 5) is 13.5. The lowest BCUT2D eigenvalue weighted by molar-refractivity contribution is -0.117. The molecule has 0 fully saturated rings. The number of nitrogens with zero attached hydrogens (tertiary/aromatic N) is 1. The van der Waals surface area contributed by atoms with Gasteiger partial charge in [-0.3, -0.25) is 4.79 Å². The third-order valence-corrected chi connectivity index (χ3v) is 2.81. The largest absolute Gasteiger partial charge is 0.310 e. The SMILES string of the molecule is CCCC(C)N(C(C)=O)c1cccc(Cl)c1. The Kier molecular flexibility index (Phi) is 4.81. The minimum absolute atomic E-state index is 0.0585. The molecule has 3 heteroatoms. The zero-order valence-corrected chi connectivity index (χ0v) is 10.8. The molecule has 0 saturated carbocycles. The van der Waals surface area contributed by atoms with Gasteiger partial charge >= 0.3 is 0 Å². The Morgan fingerprint density at radius 3 is 2.69 bits per heavy atom. The van der Waals surface area contributed by atoms with Crippen LogP contribution in [0, 0.1) is 0 Å². The van der Waals surface area contributed by atoms with Crippen molar-refractivity contribution in [2.45, 2.75) is 39.7 Å². The van der Waals surface area contributed by atoms with Crippen molar-refractivity contribution in [1.29, 1.82) is 0 Å². The maximum Gasteiger partial charge on any atom is 0.224 e. The fraction of sp³-hybridized carbons (Fsp3) is 0.462. The van der Waals surface area contributed by atoms with Crippen LogP contribution < -0.4 is 4.90 Å². The van der Waals surface area contributed by atoms with Gasteiger partial charge in [-0.25, -0.2) is 0 Å². The fourth-order valence-corrected chi connectivity index (χ4v) is 2.10. The second-order valence-corrected chi connectivity index (χ2v) is 4.44. The van der Waals surface area contributed by atoms with Crippen LogP contribution in [0.25, 0.3) is 0 Å². The van der Waals surface area contributed by atoms with Gasteiger partial charge in [-0.05, 0) is 31.5 Å². The van der Waals surface area contributed by atoms with Crippen LogP contribution in [0.15, 0.2) is 24.3 Å². The molecular weight excluding hydrogens is 222 g/mol. The maximum absolute atomic E-state index is 11.7. The molecule has 16 heavy (non-hydrogen) atoms. The quantitative estimate of drug-likeness (QED) is 0.781. The summed E-state index contributed by atoms with van der Waals surface area (Å²) in [5.74, 6) is 0.0585. The van der Waals surface area contributed by atoms with Crippen molar-refractivity contribution in [3.63, 3.8) is 0 Å². The van der Waals surface area contributed by atoms with Crippen LogP contribution >= 0.6 is 11.6 Å². The molecule has 1 atom stereocenters. The highest BCUT2D eigenvalue weighted by Crippen LogP contribution is 2.23. The van der Waals surface area contributed by atoms with E-state index in [1.165, 1.54) is 0 Å². The molecule has 0 N–H and O–H groups in total. The van der Waals surface area contributed by atoms with Gasteiger partial charge in [0.25, 0.3) is 0 Å². The van der Waals surface area contributed by atoms with E-state index in [4.69, 9.17) is 11.6 Å². The Morgan fingerprint density at radius 1 is 1.50 bits per heavy atom. The molecule has 1 unspecified atom stereocenters. The lowest BCUT2D eigenvalue weighted by Crippen LogP contribution is -2.37. The van der Waals surface area contributed by atoms with Crippen molar-refractivity contribution in [3.8, 4) is 0 Å². The Bertz CT molecular complexity index is 365. The van der Waals surface area contributed by atoms with Crippen molar-refractivity contribution in [2.75, 3.05) is 4.90 Å². The summed E-state index contributed by atoms with van der Waals surface area (Å²) in [7, 11) is 0. The predicted molar refractivity (Wildman–Crippen MR) is 69.0 cm³/mol. The van der Waals surface area contributed by atoms with E-state index in [0.717, 1.165) is 18.5 Å². The Labute approximate surface area is 102 Å². The second kappa shape index (κ2) is 5.90. The smallest absolute Gasteiger partial charge is 0.224 e. The van der Waals surface area contributed by atoms with E-state index in [9.17, 15) is 4.79 Å². The van der Waals surface area contributed by atoms with E-state index in [1.54, 1.807) is 11.8 Å². The van der Waals surface area contributed by atoms with E-state index >= 15 is 0 Å². The van der Waals surface area contributed by atoms with Crippen LogP contribution in [0.1, 0.15) is 33.6 Å². The van der Waals surface area contributed by atoms with Gasteiger partial charge in [-0.1, -0.05) is 31.0 Å². The normalized spacial score (nSPS) is 12.2. The van der Waals surface area contributed by atoms with Crippen molar-refractivity contribution >= 4 is 23.2 Å². The van der Waals surface area contributed by atoms with Crippen LogP contribution in [-0.4, -0.2) is 11.9 Å². The van der Waals surface area contributed by atoms with Gasteiger partial charge in [0.15, 0.2) is 0 Å². The van der Waals surface area contributed by atoms with Crippen LogP contribution in [0.2, 0.25) is 5.02 Å². The summed E-state index contributed by atoms with van der Waals surface area (Å²) in [6.45, 7) is 5.77. The van der Waals surface area contributed by atoms with Crippen molar-refractivity contribution in [1.82, 2.24) is 0 Å². The molecule has 88 valence electrons. The fourth-order valence-electron chi connectivity index (χ4n) is 1.92. The molecule has 1 aromatic carbocycles. The first-order valence-corrected chi connectivity index (χ1v) is 5.99. The number of rotatable bonds is 4. The topological polar surface area (TPSA) is 20.3 Å². The van der Waals surface area contributed by atoms with E-state index in [-0.39, 0.29) is 11.9 Å². The lowest BCUT2D eigenvalue weighted by Gasteiger charge is -2.28. The third-order valence-electron chi connectivity index (χ3n) is 2.57. The number of amides is 1. The predicted octanol–water partition coefficient (Wildman–Crippen LogP) is 3.88. The average Bonchev–Trinajstić information content (AvgIpc) is 2.17. The standard InChI is InChI=1S/C13H18ClNO/c1-4-6-10(2)15(11(3)16)13-8-5-7-12(14)9-13/h5,7-10H,4,6H2,1-3H3. The van der Waals surface area contributed by atoms with Gasteiger partial charge in [0.2, 0.25) is 5.91 Å². The number of carbonyl (C=O) groups is 1. The maximum atomic E-state index is 11.7. The first-order chi connectivity index (χ1) is 7.56. The summed E-state index contributed by atoms with van der Waals surface area (Å²) in [6.07, 6.45) is 2.05. The first kappa shape index (κ1) is 13.0. The van der Waals surface area contributed by atoms with Gasteiger partial charge in [0, 0.05) is 23.7 Å². The van der Waals surface area contributed by atoms with E-state index in [2.05, 4.69) is 13.8 Å². The molecule has 0 saturated heterocycles. The molecule has 1 rings (SSSR count). The minimum atomic E-state index is 0.0585. The average molecular weight is 240 g/mol. The number of hydrogen-bond acceptors (Lipinski definition) is 1. The highest BCUT2D eigenvalue weighted by Gasteiger charge is 2.17. The first-order valence-electron chi connectivity index (χ1n) is 5.61. The number of anilines is 1. The molecule has 0 aliphatic heterocycles. The summed E-state index contributed by atoms with van der Waals surface area (Å²) in [5, 5.41) is 0.660. The van der Waals surface area contributed by atoms with Crippen LogP contribution in [-0.2, 0) is 4.79 Å². The number of hydrogen-bond donors (Lipinski definition) is 0. The zero-order valence-electron chi connectivity index (χ0n) is 10.0. The van der Waals surface area contributed by atoms with Crippen molar-refractivity contribution in [2.24, 2.45) is 0 Å². The van der Waals surface area contributed by atoms with Gasteiger partial charge in [0.1, 0.15) is 0 Å². The van der Waals surface area contributed by atoms with Crippen LogP contribution in [0.4, 0.5) is 5.69 Å². The number of carbonyl (C=O) groups excluding carboxylic acids is 1. The molecule has 0 bridgehead atoms. The monoisotopic (exact) mass is 239 g/mol. The molecule has 0 aliphatic carbocycles. The molecule has 1 amide bonds. The van der Waals surface area contributed by atoms with Gasteiger partial charge in [-0.15, -0.1) is 0 Å². The van der Waals surface area contributed by atoms with E-state index in [0.29, 0.717) is 5.02 Å². The lowest BCUT2D eigenvalue weighted by atomic mass is 10.1. The van der Waals surface area contributed by atoms with Gasteiger partial charge < -0.3 is 4.90 Å². The number of halogens is 1. The Balaban J connectivity index is 2.98. The molecule has 0 radical (unpaired) electrons. The summed E-state index contributed by atoms with van der Waals surface area (Å²) in [6, 6.07) is 7.63. The highest BCUT2D eigenvalue weighted by atomic mass is 35.5. The minimum Gasteiger partial charge on any atom is -0.310 e. The van der Waals surface area contributed by atoms with Crippen molar-refractivity contribution < 1.29 is 4.79 Å². The van der Waals surface area contributed by atoms with Crippen LogP contribution in [0.5, 0.6) is 0 Å². The number of benzene rings is 1. The summed E-state index contributed by atoms with van der Waals surface area (Å²) < 4.78 is 0. The van der Waals surface area contributed by atoms with Crippen molar-refractivity contribution in [3.05, 3.63) is 29.3 Å². The Morgan fingerprint density at radius 2 is 2.19 bits per heavy atom. The second-order valence-electron chi connectivity index (χ2n) is 4.01. The highest BCUT2D eigenvalue weighted by molar-refractivity contribution is 6.30. The summed E-state index contributed by atoms with van der Waals surface area (Å²) >= 11 is 5.94. The molecule has 1 aromatic rings. The molecule has 0 heterocycles. The summed E-state index contributed by atoms with van der Waals surface area (Å²) in [5.41, 5.74) is 0.876. The molecule has 0 aromatic heterocycles. The molecule has 2 nitrogen and oxygen atoms in total. The third kappa shape index (κ3) is 3.24. The van der Waals surface area contributed by atoms with Gasteiger partial charge in [-0.2, -0.15) is 0 Å². The van der Waals surface area contributed by atoms with E-state index in [1.807, 2.05) is 24.3 Å². The van der Waals surface area contributed by atoms with Crippen LogP contribution in [0.3, 0.4) is 0 Å². The van der Waals surface area contributed by atoms with Gasteiger partial charge in [0.05, 0.1) is 0 Å². The zero-order chi connectivity index (χ0) is 12.1. The Hall–Kier alpha value is -1.02. The molecular formula is C13H18ClNO. The van der Waals surface area contributed by atoms with E-state index < -0.39 is 0 Å². The molecule has 0 spiro atoms. The molecule has 0 aliphatic rings.